The predicted octanol–water partition coefficient (Wildman–Crippen LogP) is 4.73. The molecule has 1 aliphatic carbocycles. The van der Waals surface area contributed by atoms with Crippen LogP contribution in [0.4, 0.5) is 5.69 Å². The zero-order valence-corrected chi connectivity index (χ0v) is 12.4. The molecule has 1 saturated carbocycles. The highest BCUT2D eigenvalue weighted by Crippen LogP contribution is 2.38. The molecule has 1 fully saturated rings. The van der Waals surface area contributed by atoms with Crippen molar-refractivity contribution in [2.24, 2.45) is 0 Å². The molecule has 0 saturated heterocycles. The molecule has 104 valence electrons. The van der Waals surface area contributed by atoms with Crippen molar-refractivity contribution in [3.8, 4) is 0 Å². The van der Waals surface area contributed by atoms with Crippen molar-refractivity contribution in [3.05, 3.63) is 54.4 Å². The van der Waals surface area contributed by atoms with Crippen molar-refractivity contribution < 1.29 is 0 Å². The number of nitrogens with one attached hydrogen (secondary N) is 1. The van der Waals surface area contributed by atoms with Crippen LogP contribution < -0.4 is 5.32 Å². The van der Waals surface area contributed by atoms with Crippen molar-refractivity contribution in [2.75, 3.05) is 5.32 Å². The maximum absolute atomic E-state index is 4.05. The summed E-state index contributed by atoms with van der Waals surface area (Å²) in [4.78, 5) is 5.44. The number of anilines is 1. The highest BCUT2D eigenvalue weighted by molar-refractivity contribution is 8.00. The monoisotopic (exact) mass is 284 g/mol. The van der Waals surface area contributed by atoms with Gasteiger partial charge >= 0.3 is 0 Å². The van der Waals surface area contributed by atoms with Crippen LogP contribution in [0, 0.1) is 0 Å². The topological polar surface area (TPSA) is 24.9 Å². The Balaban J connectivity index is 1.66. The summed E-state index contributed by atoms with van der Waals surface area (Å²) in [6.07, 6.45) is 9.20. The lowest BCUT2D eigenvalue weighted by Crippen LogP contribution is -2.02. The standard InChI is InChI=1S/C17H20N2S/c1-2-6-15(5-1)20-17-8-4-3-7-16(17)19-13-14-9-11-18-12-10-14/h3-4,7-12,15,19H,1-2,5-6,13H2. The van der Waals surface area contributed by atoms with E-state index in [0.717, 1.165) is 11.8 Å². The minimum Gasteiger partial charge on any atom is -0.380 e. The average Bonchev–Trinajstić information content (AvgIpc) is 3.00. The molecule has 0 bridgehead atoms. The number of thioether (sulfide) groups is 1. The zero-order chi connectivity index (χ0) is 13.6. The number of rotatable bonds is 5. The summed E-state index contributed by atoms with van der Waals surface area (Å²) in [5, 5.41) is 4.36. The van der Waals surface area contributed by atoms with E-state index >= 15 is 0 Å². The highest BCUT2D eigenvalue weighted by Gasteiger charge is 2.17. The molecular weight excluding hydrogens is 264 g/mol. The van der Waals surface area contributed by atoms with E-state index in [1.165, 1.54) is 41.8 Å². The minimum atomic E-state index is 0.805. The number of nitrogens with zero attached hydrogens (tertiary/aromatic N) is 1. The van der Waals surface area contributed by atoms with Crippen LogP contribution >= 0.6 is 11.8 Å². The molecule has 2 aromatic rings. The maximum atomic E-state index is 4.05. The van der Waals surface area contributed by atoms with Crippen LogP contribution in [0.3, 0.4) is 0 Å². The molecule has 20 heavy (non-hydrogen) atoms. The van der Waals surface area contributed by atoms with Gasteiger partial charge in [-0.3, -0.25) is 4.98 Å². The fourth-order valence-corrected chi connectivity index (χ4v) is 3.95. The Hall–Kier alpha value is -1.48. The third-order valence-electron chi connectivity index (χ3n) is 3.72. The van der Waals surface area contributed by atoms with Crippen LogP contribution in [0.1, 0.15) is 31.2 Å². The van der Waals surface area contributed by atoms with E-state index < -0.39 is 0 Å². The van der Waals surface area contributed by atoms with E-state index in [4.69, 9.17) is 0 Å². The van der Waals surface area contributed by atoms with Gasteiger partial charge in [-0.2, -0.15) is 0 Å². The lowest BCUT2D eigenvalue weighted by Gasteiger charge is -2.14. The fourth-order valence-electron chi connectivity index (χ4n) is 2.60. The minimum absolute atomic E-state index is 0.805. The first kappa shape index (κ1) is 13.5. The summed E-state index contributed by atoms with van der Waals surface area (Å²) < 4.78 is 0. The molecule has 3 rings (SSSR count). The second kappa shape index (κ2) is 6.80. The van der Waals surface area contributed by atoms with E-state index in [-0.39, 0.29) is 0 Å². The van der Waals surface area contributed by atoms with E-state index in [2.05, 4.69) is 46.7 Å². The van der Waals surface area contributed by atoms with Crippen LogP contribution in [-0.4, -0.2) is 10.2 Å². The van der Waals surface area contributed by atoms with Gasteiger partial charge in [-0.1, -0.05) is 25.0 Å². The summed E-state index contributed by atoms with van der Waals surface area (Å²) in [5.74, 6) is 0. The summed E-state index contributed by atoms with van der Waals surface area (Å²) in [6.45, 7) is 0.852. The molecule has 1 aromatic heterocycles. The molecule has 1 heterocycles. The van der Waals surface area contributed by atoms with Gasteiger partial charge in [-0.15, -0.1) is 11.8 Å². The number of hydrogen-bond donors (Lipinski definition) is 1. The van der Waals surface area contributed by atoms with Crippen molar-refractivity contribution >= 4 is 17.4 Å². The van der Waals surface area contributed by atoms with E-state index in [0.29, 0.717) is 0 Å². The molecule has 0 spiro atoms. The lowest BCUT2D eigenvalue weighted by atomic mass is 10.2. The molecule has 2 nitrogen and oxygen atoms in total. The van der Waals surface area contributed by atoms with Gasteiger partial charge in [-0.05, 0) is 42.7 Å². The van der Waals surface area contributed by atoms with Gasteiger partial charge < -0.3 is 5.32 Å². The number of para-hydroxylation sites is 1. The Morgan fingerprint density at radius 1 is 1.05 bits per heavy atom. The molecule has 0 atom stereocenters. The van der Waals surface area contributed by atoms with Crippen molar-refractivity contribution in [1.29, 1.82) is 0 Å². The summed E-state index contributed by atoms with van der Waals surface area (Å²) in [7, 11) is 0. The van der Waals surface area contributed by atoms with Crippen LogP contribution in [0.15, 0.2) is 53.7 Å². The van der Waals surface area contributed by atoms with Gasteiger partial charge in [0.1, 0.15) is 0 Å². The van der Waals surface area contributed by atoms with E-state index in [9.17, 15) is 0 Å². The third kappa shape index (κ3) is 3.54. The number of pyridine rings is 1. The Bertz CT molecular complexity index is 536. The van der Waals surface area contributed by atoms with Crippen LogP contribution in [0.25, 0.3) is 0 Å². The number of benzene rings is 1. The number of hydrogen-bond acceptors (Lipinski definition) is 3. The molecule has 1 aromatic carbocycles. The van der Waals surface area contributed by atoms with Crippen LogP contribution in [-0.2, 0) is 6.54 Å². The molecule has 0 radical (unpaired) electrons. The molecule has 1 N–H and O–H groups in total. The molecule has 0 aliphatic heterocycles. The second-order valence-electron chi connectivity index (χ2n) is 5.23. The summed E-state index contributed by atoms with van der Waals surface area (Å²) in [5.41, 5.74) is 2.52. The Labute approximate surface area is 125 Å². The van der Waals surface area contributed by atoms with Crippen molar-refractivity contribution in [3.63, 3.8) is 0 Å². The molecule has 3 heteroatoms. The maximum Gasteiger partial charge on any atom is 0.0481 e. The van der Waals surface area contributed by atoms with E-state index in [1.807, 2.05) is 24.2 Å². The fraction of sp³-hybridized carbons (Fsp3) is 0.353. The molecular formula is C17H20N2S. The Kier molecular flexibility index (Phi) is 4.59. The lowest BCUT2D eigenvalue weighted by molar-refractivity contribution is 0.886. The zero-order valence-electron chi connectivity index (χ0n) is 11.6. The Morgan fingerprint density at radius 2 is 1.80 bits per heavy atom. The SMILES string of the molecule is c1ccc(SC2CCCC2)c(NCc2ccncc2)c1. The van der Waals surface area contributed by atoms with Gasteiger partial charge in [0.05, 0.1) is 0 Å². The summed E-state index contributed by atoms with van der Waals surface area (Å²) >= 11 is 2.04. The second-order valence-corrected chi connectivity index (χ2v) is 6.57. The van der Waals surface area contributed by atoms with Gasteiger partial charge in [0.15, 0.2) is 0 Å². The molecule has 0 amide bonds. The van der Waals surface area contributed by atoms with E-state index in [1.54, 1.807) is 0 Å². The van der Waals surface area contributed by atoms with Gasteiger partial charge in [-0.25, -0.2) is 0 Å². The van der Waals surface area contributed by atoms with Gasteiger partial charge in [0.2, 0.25) is 0 Å². The normalized spacial score (nSPS) is 15.4. The van der Waals surface area contributed by atoms with Crippen molar-refractivity contribution in [2.45, 2.75) is 42.4 Å². The average molecular weight is 284 g/mol. The number of aromatic nitrogens is 1. The first-order valence-corrected chi connectivity index (χ1v) is 8.18. The summed E-state index contributed by atoms with van der Waals surface area (Å²) in [6, 6.07) is 12.8. The van der Waals surface area contributed by atoms with Crippen LogP contribution in [0.2, 0.25) is 0 Å². The van der Waals surface area contributed by atoms with Gasteiger partial charge in [0, 0.05) is 34.8 Å². The molecule has 0 unspecified atom stereocenters. The Morgan fingerprint density at radius 3 is 2.60 bits per heavy atom. The first-order chi connectivity index (χ1) is 9.92. The highest BCUT2D eigenvalue weighted by atomic mass is 32.2. The van der Waals surface area contributed by atoms with Crippen molar-refractivity contribution in [1.82, 2.24) is 4.98 Å². The van der Waals surface area contributed by atoms with Crippen LogP contribution in [0.5, 0.6) is 0 Å². The third-order valence-corrected chi connectivity index (χ3v) is 5.13. The predicted molar refractivity (Wildman–Crippen MR) is 86.1 cm³/mol. The molecule has 1 aliphatic rings. The largest absolute Gasteiger partial charge is 0.380 e. The first-order valence-electron chi connectivity index (χ1n) is 7.30. The quantitative estimate of drug-likeness (QED) is 0.859. The van der Waals surface area contributed by atoms with Gasteiger partial charge in [0.25, 0.3) is 0 Å². The smallest absolute Gasteiger partial charge is 0.0481 e.